The van der Waals surface area contributed by atoms with E-state index in [-0.39, 0.29) is 5.75 Å². The van der Waals surface area contributed by atoms with Crippen molar-refractivity contribution in [1.29, 1.82) is 0 Å². The predicted octanol–water partition coefficient (Wildman–Crippen LogP) is 3.78. The van der Waals surface area contributed by atoms with Gasteiger partial charge in [0.2, 0.25) is 5.88 Å². The maximum Gasteiger partial charge on any atom is 0.238 e. The Kier molecular flexibility index (Phi) is 2.93. The van der Waals surface area contributed by atoms with Crippen LogP contribution >= 0.6 is 11.6 Å². The number of aromatic nitrogens is 2. The summed E-state index contributed by atoms with van der Waals surface area (Å²) in [5, 5.41) is 10.2. The third kappa shape index (κ3) is 2.44. The topological polar surface area (TPSA) is 55.2 Å². The van der Waals surface area contributed by atoms with Crippen molar-refractivity contribution in [2.24, 2.45) is 0 Å². The number of phenolic OH excluding ortho intramolecular Hbond substituents is 1. The van der Waals surface area contributed by atoms with Crippen LogP contribution in [-0.2, 0) is 0 Å². The quantitative estimate of drug-likeness (QED) is 0.771. The number of hydrogen-bond donors (Lipinski definition) is 1. The molecule has 1 aromatic heterocycles. The lowest BCUT2D eigenvalue weighted by atomic mass is 10.3. The van der Waals surface area contributed by atoms with Crippen molar-refractivity contribution in [1.82, 2.24) is 9.97 Å². The molecule has 0 aliphatic rings. The molecule has 2 aromatic carbocycles. The molecule has 5 heteroatoms. The molecule has 0 amide bonds. The van der Waals surface area contributed by atoms with Crippen LogP contribution < -0.4 is 4.74 Å². The summed E-state index contributed by atoms with van der Waals surface area (Å²) in [6, 6.07) is 11.9. The van der Waals surface area contributed by atoms with Crippen molar-refractivity contribution < 1.29 is 9.84 Å². The largest absolute Gasteiger partial charge is 0.504 e. The van der Waals surface area contributed by atoms with E-state index >= 15 is 0 Å². The molecule has 0 saturated heterocycles. The van der Waals surface area contributed by atoms with Crippen molar-refractivity contribution in [3.63, 3.8) is 0 Å². The number of benzene rings is 2. The Balaban J connectivity index is 1.98. The van der Waals surface area contributed by atoms with Crippen molar-refractivity contribution in [3.05, 3.63) is 53.7 Å². The van der Waals surface area contributed by atoms with E-state index in [0.717, 1.165) is 0 Å². The minimum atomic E-state index is 0.0560. The standard InChI is InChI=1S/C14H9ClN2O2/c15-9-5-6-10-11(7-9)16-8-14(17-10)19-13-4-2-1-3-12(13)18/h1-8,18H. The maximum atomic E-state index is 9.63. The lowest BCUT2D eigenvalue weighted by Gasteiger charge is -2.06. The van der Waals surface area contributed by atoms with Gasteiger partial charge in [0.05, 0.1) is 17.2 Å². The number of fused-ring (bicyclic) bond motifs is 1. The van der Waals surface area contributed by atoms with Gasteiger partial charge in [-0.15, -0.1) is 0 Å². The first-order valence-corrected chi connectivity index (χ1v) is 5.98. The molecular formula is C14H9ClN2O2. The second-order valence-electron chi connectivity index (χ2n) is 3.91. The van der Waals surface area contributed by atoms with Crippen LogP contribution in [0.15, 0.2) is 48.7 Å². The molecule has 0 radical (unpaired) electrons. The zero-order valence-electron chi connectivity index (χ0n) is 9.75. The lowest BCUT2D eigenvalue weighted by Crippen LogP contribution is -1.91. The Morgan fingerprint density at radius 1 is 1.05 bits per heavy atom. The molecule has 0 atom stereocenters. The van der Waals surface area contributed by atoms with Crippen LogP contribution in [0.3, 0.4) is 0 Å². The number of hydrogen-bond acceptors (Lipinski definition) is 4. The minimum absolute atomic E-state index is 0.0560. The fraction of sp³-hybridized carbons (Fsp3) is 0. The average Bonchev–Trinajstić information content (AvgIpc) is 2.41. The average molecular weight is 273 g/mol. The van der Waals surface area contributed by atoms with Crippen LogP contribution in [0, 0.1) is 0 Å². The molecule has 0 spiro atoms. The lowest BCUT2D eigenvalue weighted by molar-refractivity contribution is 0.402. The SMILES string of the molecule is Oc1ccccc1Oc1cnc2cc(Cl)ccc2n1. The molecule has 0 unspecified atom stereocenters. The molecule has 4 nitrogen and oxygen atoms in total. The molecule has 0 aliphatic carbocycles. The van der Waals surface area contributed by atoms with Gasteiger partial charge < -0.3 is 9.84 Å². The summed E-state index contributed by atoms with van der Waals surface area (Å²) in [6.45, 7) is 0. The normalized spacial score (nSPS) is 10.6. The van der Waals surface area contributed by atoms with Crippen molar-refractivity contribution in [2.75, 3.05) is 0 Å². The van der Waals surface area contributed by atoms with E-state index in [9.17, 15) is 5.11 Å². The van der Waals surface area contributed by atoms with Gasteiger partial charge in [0.25, 0.3) is 0 Å². The van der Waals surface area contributed by atoms with Crippen LogP contribution in [0.25, 0.3) is 11.0 Å². The van der Waals surface area contributed by atoms with Crippen LogP contribution in [-0.4, -0.2) is 15.1 Å². The fourth-order valence-corrected chi connectivity index (χ4v) is 1.84. The van der Waals surface area contributed by atoms with E-state index in [1.54, 1.807) is 42.5 Å². The number of ether oxygens (including phenoxy) is 1. The van der Waals surface area contributed by atoms with Crippen LogP contribution in [0.4, 0.5) is 0 Å². The fourth-order valence-electron chi connectivity index (χ4n) is 1.67. The van der Waals surface area contributed by atoms with Gasteiger partial charge >= 0.3 is 0 Å². The predicted molar refractivity (Wildman–Crippen MR) is 72.7 cm³/mol. The third-order valence-electron chi connectivity index (χ3n) is 2.56. The number of para-hydroxylation sites is 2. The number of phenols is 1. The zero-order valence-corrected chi connectivity index (χ0v) is 10.5. The van der Waals surface area contributed by atoms with Crippen molar-refractivity contribution in [3.8, 4) is 17.4 Å². The maximum absolute atomic E-state index is 9.63. The summed E-state index contributed by atoms with van der Waals surface area (Å²) in [6.07, 6.45) is 1.49. The Labute approximate surface area is 114 Å². The molecule has 0 fully saturated rings. The van der Waals surface area contributed by atoms with Gasteiger partial charge in [0, 0.05) is 5.02 Å². The highest BCUT2D eigenvalue weighted by Gasteiger charge is 2.05. The van der Waals surface area contributed by atoms with Gasteiger partial charge in [-0.3, -0.25) is 0 Å². The zero-order chi connectivity index (χ0) is 13.2. The van der Waals surface area contributed by atoms with E-state index in [1.165, 1.54) is 6.20 Å². The van der Waals surface area contributed by atoms with E-state index < -0.39 is 0 Å². The van der Waals surface area contributed by atoms with Gasteiger partial charge in [0.1, 0.15) is 0 Å². The van der Waals surface area contributed by atoms with Crippen molar-refractivity contribution in [2.45, 2.75) is 0 Å². The summed E-state index contributed by atoms with van der Waals surface area (Å²) in [5.74, 6) is 0.710. The highest BCUT2D eigenvalue weighted by atomic mass is 35.5. The van der Waals surface area contributed by atoms with E-state index in [2.05, 4.69) is 9.97 Å². The molecule has 1 N–H and O–H groups in total. The van der Waals surface area contributed by atoms with Gasteiger partial charge in [-0.2, -0.15) is 0 Å². The summed E-state index contributed by atoms with van der Waals surface area (Å²) in [7, 11) is 0. The van der Waals surface area contributed by atoms with Gasteiger partial charge in [-0.1, -0.05) is 23.7 Å². The van der Waals surface area contributed by atoms with Gasteiger partial charge in [-0.05, 0) is 30.3 Å². The van der Waals surface area contributed by atoms with E-state index in [1.807, 2.05) is 0 Å². The molecule has 3 rings (SSSR count). The van der Waals surface area contributed by atoms with Gasteiger partial charge in [-0.25, -0.2) is 9.97 Å². The molecular weight excluding hydrogens is 264 g/mol. The first-order chi connectivity index (χ1) is 9.22. The number of aromatic hydroxyl groups is 1. The molecule has 1 heterocycles. The highest BCUT2D eigenvalue weighted by molar-refractivity contribution is 6.31. The van der Waals surface area contributed by atoms with E-state index in [0.29, 0.717) is 27.7 Å². The Morgan fingerprint density at radius 3 is 2.74 bits per heavy atom. The summed E-state index contributed by atoms with van der Waals surface area (Å²) < 4.78 is 5.49. The molecule has 94 valence electrons. The molecule has 3 aromatic rings. The van der Waals surface area contributed by atoms with Crippen molar-refractivity contribution >= 4 is 22.6 Å². The van der Waals surface area contributed by atoms with E-state index in [4.69, 9.17) is 16.3 Å². The number of halogens is 1. The molecule has 0 saturated carbocycles. The number of nitrogens with zero attached hydrogens (tertiary/aromatic N) is 2. The first-order valence-electron chi connectivity index (χ1n) is 5.60. The first kappa shape index (κ1) is 11.7. The Hall–Kier alpha value is -2.33. The number of rotatable bonds is 2. The second-order valence-corrected chi connectivity index (χ2v) is 4.35. The Morgan fingerprint density at radius 2 is 1.89 bits per heavy atom. The minimum Gasteiger partial charge on any atom is -0.504 e. The third-order valence-corrected chi connectivity index (χ3v) is 2.80. The molecule has 0 aliphatic heterocycles. The molecule has 0 bridgehead atoms. The Bertz CT molecular complexity index is 746. The molecule has 19 heavy (non-hydrogen) atoms. The van der Waals surface area contributed by atoms with Crippen LogP contribution in [0.2, 0.25) is 5.02 Å². The summed E-state index contributed by atoms with van der Waals surface area (Å²) in [4.78, 5) is 8.51. The monoisotopic (exact) mass is 272 g/mol. The highest BCUT2D eigenvalue weighted by Crippen LogP contribution is 2.29. The summed E-state index contributed by atoms with van der Waals surface area (Å²) >= 11 is 5.88. The smallest absolute Gasteiger partial charge is 0.238 e. The van der Waals surface area contributed by atoms with Crippen LogP contribution in [0.5, 0.6) is 17.4 Å². The van der Waals surface area contributed by atoms with Crippen LogP contribution in [0.1, 0.15) is 0 Å². The summed E-state index contributed by atoms with van der Waals surface area (Å²) in [5.41, 5.74) is 1.37. The second kappa shape index (κ2) is 4.74. The van der Waals surface area contributed by atoms with Gasteiger partial charge in [0.15, 0.2) is 11.5 Å².